The first-order valence-corrected chi connectivity index (χ1v) is 6.05. The largest absolute Gasteiger partial charge is 0.463 e. The number of nitrogen functional groups attached to an aromatic ring is 1. The monoisotopic (exact) mass is 299 g/mol. The van der Waals surface area contributed by atoms with Crippen LogP contribution in [0.25, 0.3) is 0 Å². The second-order valence-corrected chi connectivity index (χ2v) is 4.02. The quantitative estimate of drug-likeness (QED) is 0.825. The third kappa shape index (κ3) is 3.71. The Bertz CT molecular complexity index is 653. The molecule has 0 saturated heterocycles. The molecule has 1 heterocycles. The van der Waals surface area contributed by atoms with Crippen LogP contribution in [0, 0.1) is 17.5 Å². The van der Waals surface area contributed by atoms with Crippen molar-refractivity contribution in [2.75, 3.05) is 17.7 Å². The zero-order valence-electron chi connectivity index (χ0n) is 11.0. The minimum absolute atomic E-state index is 0.0656. The summed E-state index contributed by atoms with van der Waals surface area (Å²) >= 11 is 0. The molecule has 0 aliphatic carbocycles. The van der Waals surface area contributed by atoms with Gasteiger partial charge in [-0.1, -0.05) is 6.92 Å². The van der Waals surface area contributed by atoms with Crippen LogP contribution < -0.4 is 15.8 Å². The van der Waals surface area contributed by atoms with E-state index in [0.717, 1.165) is 12.5 Å². The van der Waals surface area contributed by atoms with Gasteiger partial charge in [-0.25, -0.2) is 13.2 Å². The summed E-state index contributed by atoms with van der Waals surface area (Å²) in [5.41, 5.74) is 5.00. The van der Waals surface area contributed by atoms with Gasteiger partial charge in [0.2, 0.25) is 11.9 Å². The molecule has 1 aromatic heterocycles. The lowest BCUT2D eigenvalue weighted by Gasteiger charge is -2.09. The Balaban J connectivity index is 2.29. The number of benzene rings is 1. The number of anilines is 3. The van der Waals surface area contributed by atoms with Gasteiger partial charge in [-0.15, -0.1) is 0 Å². The fourth-order valence-corrected chi connectivity index (χ4v) is 1.45. The molecule has 0 saturated carbocycles. The highest BCUT2D eigenvalue weighted by molar-refractivity contribution is 5.55. The van der Waals surface area contributed by atoms with Gasteiger partial charge in [0.25, 0.3) is 0 Å². The van der Waals surface area contributed by atoms with Crippen molar-refractivity contribution in [3.8, 4) is 6.01 Å². The lowest BCUT2D eigenvalue weighted by Crippen LogP contribution is -2.08. The normalized spacial score (nSPS) is 10.5. The van der Waals surface area contributed by atoms with E-state index >= 15 is 0 Å². The zero-order valence-corrected chi connectivity index (χ0v) is 11.0. The highest BCUT2D eigenvalue weighted by atomic mass is 19.2. The summed E-state index contributed by atoms with van der Waals surface area (Å²) in [5, 5.41) is 2.33. The summed E-state index contributed by atoms with van der Waals surface area (Å²) in [6.45, 7) is 2.24. The van der Waals surface area contributed by atoms with Crippen LogP contribution in [0.5, 0.6) is 6.01 Å². The topological polar surface area (TPSA) is 86.0 Å². The first kappa shape index (κ1) is 14.8. The SMILES string of the molecule is CCCOc1nc(N)nc(Nc2cc(F)cc(F)c2F)n1. The number of nitrogens with two attached hydrogens (primary N) is 1. The molecule has 2 aromatic rings. The van der Waals surface area contributed by atoms with Crippen LogP contribution in [0.3, 0.4) is 0 Å². The molecule has 2 rings (SSSR count). The molecule has 1 aromatic carbocycles. The van der Waals surface area contributed by atoms with Crippen LogP contribution in [-0.4, -0.2) is 21.6 Å². The van der Waals surface area contributed by atoms with Crippen molar-refractivity contribution in [1.29, 1.82) is 0 Å². The van der Waals surface area contributed by atoms with Gasteiger partial charge in [-0.05, 0) is 6.42 Å². The fraction of sp³-hybridized carbons (Fsp3) is 0.250. The molecule has 0 bridgehead atoms. The molecule has 0 radical (unpaired) electrons. The molecule has 112 valence electrons. The molecule has 0 spiro atoms. The van der Waals surface area contributed by atoms with Gasteiger partial charge < -0.3 is 15.8 Å². The minimum atomic E-state index is -1.33. The number of hydrogen-bond donors (Lipinski definition) is 2. The number of halogens is 3. The Morgan fingerprint density at radius 1 is 1.19 bits per heavy atom. The predicted molar refractivity (Wildman–Crippen MR) is 69.6 cm³/mol. The summed E-state index contributed by atoms with van der Waals surface area (Å²) in [5.74, 6) is -3.89. The van der Waals surface area contributed by atoms with E-state index in [9.17, 15) is 13.2 Å². The van der Waals surface area contributed by atoms with Crippen molar-refractivity contribution in [2.24, 2.45) is 0 Å². The van der Waals surface area contributed by atoms with Crippen LogP contribution in [-0.2, 0) is 0 Å². The molecule has 0 unspecified atom stereocenters. The lowest BCUT2D eigenvalue weighted by atomic mass is 10.3. The van der Waals surface area contributed by atoms with E-state index in [0.29, 0.717) is 12.7 Å². The maximum atomic E-state index is 13.5. The summed E-state index contributed by atoms with van der Waals surface area (Å²) in [6, 6.07) is 1.13. The molecule has 0 aliphatic heterocycles. The average molecular weight is 299 g/mol. The predicted octanol–water partition coefficient (Wildman–Crippen LogP) is 2.40. The van der Waals surface area contributed by atoms with E-state index in [2.05, 4.69) is 20.3 Å². The van der Waals surface area contributed by atoms with E-state index in [1.807, 2.05) is 6.92 Å². The number of rotatable bonds is 5. The molecule has 21 heavy (non-hydrogen) atoms. The van der Waals surface area contributed by atoms with Crippen LogP contribution in [0.2, 0.25) is 0 Å². The van der Waals surface area contributed by atoms with E-state index in [1.165, 1.54) is 0 Å². The molecule has 0 aliphatic rings. The number of ether oxygens (including phenoxy) is 1. The van der Waals surface area contributed by atoms with E-state index < -0.39 is 23.1 Å². The Hall–Kier alpha value is -2.58. The molecular weight excluding hydrogens is 287 g/mol. The van der Waals surface area contributed by atoms with Crippen molar-refractivity contribution in [2.45, 2.75) is 13.3 Å². The number of nitrogens with zero attached hydrogens (tertiary/aromatic N) is 3. The first-order valence-electron chi connectivity index (χ1n) is 6.05. The van der Waals surface area contributed by atoms with Gasteiger partial charge >= 0.3 is 6.01 Å². The Labute approximate surface area is 118 Å². The lowest BCUT2D eigenvalue weighted by molar-refractivity contribution is 0.292. The number of aromatic nitrogens is 3. The number of nitrogens with one attached hydrogen (secondary N) is 1. The smallest absolute Gasteiger partial charge is 0.323 e. The summed E-state index contributed by atoms with van der Waals surface area (Å²) in [7, 11) is 0. The van der Waals surface area contributed by atoms with E-state index in [-0.39, 0.29) is 17.9 Å². The molecule has 6 nitrogen and oxygen atoms in total. The molecule has 0 fully saturated rings. The standard InChI is InChI=1S/C12H12F3N5O/c1-2-3-21-12-19-10(16)18-11(20-12)17-8-5-6(13)4-7(14)9(8)15/h4-5H,2-3H2,1H3,(H3,16,17,18,19,20). The van der Waals surface area contributed by atoms with Crippen LogP contribution in [0.1, 0.15) is 13.3 Å². The minimum Gasteiger partial charge on any atom is -0.463 e. The van der Waals surface area contributed by atoms with Gasteiger partial charge in [0.15, 0.2) is 11.6 Å². The van der Waals surface area contributed by atoms with Crippen molar-refractivity contribution in [3.05, 3.63) is 29.6 Å². The van der Waals surface area contributed by atoms with Crippen molar-refractivity contribution < 1.29 is 17.9 Å². The average Bonchev–Trinajstić information content (AvgIpc) is 2.41. The highest BCUT2D eigenvalue weighted by Gasteiger charge is 2.13. The Morgan fingerprint density at radius 3 is 2.67 bits per heavy atom. The number of hydrogen-bond acceptors (Lipinski definition) is 6. The van der Waals surface area contributed by atoms with Gasteiger partial charge in [0, 0.05) is 12.1 Å². The second-order valence-electron chi connectivity index (χ2n) is 4.02. The van der Waals surface area contributed by atoms with E-state index in [4.69, 9.17) is 10.5 Å². The maximum Gasteiger partial charge on any atom is 0.323 e. The Morgan fingerprint density at radius 2 is 1.95 bits per heavy atom. The van der Waals surface area contributed by atoms with Crippen molar-refractivity contribution in [3.63, 3.8) is 0 Å². The Kier molecular flexibility index (Phi) is 4.41. The summed E-state index contributed by atoms with van der Waals surface area (Å²) in [6.07, 6.45) is 0.720. The van der Waals surface area contributed by atoms with Gasteiger partial charge in [0.05, 0.1) is 12.3 Å². The van der Waals surface area contributed by atoms with E-state index in [1.54, 1.807) is 0 Å². The first-order chi connectivity index (χ1) is 9.99. The molecular formula is C12H12F3N5O. The van der Waals surface area contributed by atoms with Gasteiger partial charge in [-0.3, -0.25) is 0 Å². The van der Waals surface area contributed by atoms with Crippen molar-refractivity contribution >= 4 is 17.6 Å². The molecule has 0 amide bonds. The maximum absolute atomic E-state index is 13.5. The second kappa shape index (κ2) is 6.25. The molecule has 9 heteroatoms. The van der Waals surface area contributed by atoms with Crippen molar-refractivity contribution in [1.82, 2.24) is 15.0 Å². The third-order valence-electron chi connectivity index (χ3n) is 2.31. The van der Waals surface area contributed by atoms with Crippen LogP contribution in [0.15, 0.2) is 12.1 Å². The fourth-order valence-electron chi connectivity index (χ4n) is 1.45. The molecule has 3 N–H and O–H groups in total. The summed E-state index contributed by atoms with van der Waals surface area (Å²) < 4.78 is 44.9. The molecule has 0 atom stereocenters. The highest BCUT2D eigenvalue weighted by Crippen LogP contribution is 2.22. The zero-order chi connectivity index (χ0) is 15.4. The van der Waals surface area contributed by atoms with Gasteiger partial charge in [0.1, 0.15) is 5.82 Å². The third-order valence-corrected chi connectivity index (χ3v) is 2.31. The van der Waals surface area contributed by atoms with Gasteiger partial charge in [-0.2, -0.15) is 15.0 Å². The van der Waals surface area contributed by atoms with Crippen LogP contribution >= 0.6 is 0 Å². The van der Waals surface area contributed by atoms with Crippen LogP contribution in [0.4, 0.5) is 30.8 Å². The summed E-state index contributed by atoms with van der Waals surface area (Å²) in [4.78, 5) is 11.2.